The molecule has 0 aliphatic rings. The fourth-order valence-corrected chi connectivity index (χ4v) is 2.25. The molecule has 0 aliphatic heterocycles. The summed E-state index contributed by atoms with van der Waals surface area (Å²) in [7, 11) is 0. The molecule has 100 valence electrons. The summed E-state index contributed by atoms with van der Waals surface area (Å²) in [5.74, 6) is 5.98. The molecule has 0 fully saturated rings. The summed E-state index contributed by atoms with van der Waals surface area (Å²) in [6.07, 6.45) is 2.22. The molecular formula is C13H14BrFN4. The minimum absolute atomic E-state index is 0.195. The van der Waals surface area contributed by atoms with Gasteiger partial charge in [-0.25, -0.2) is 14.4 Å². The predicted molar refractivity (Wildman–Crippen MR) is 74.6 cm³/mol. The number of halogens is 2. The third-order valence-electron chi connectivity index (χ3n) is 2.79. The molecule has 1 aromatic carbocycles. The third-order valence-corrected chi connectivity index (χ3v) is 3.56. The minimum atomic E-state index is -0.271. The second-order valence-electron chi connectivity index (χ2n) is 4.19. The van der Waals surface area contributed by atoms with Crippen molar-refractivity contribution in [3.63, 3.8) is 0 Å². The fourth-order valence-electron chi connectivity index (χ4n) is 1.84. The zero-order valence-electron chi connectivity index (χ0n) is 10.4. The van der Waals surface area contributed by atoms with Crippen molar-refractivity contribution in [2.24, 2.45) is 5.84 Å². The van der Waals surface area contributed by atoms with E-state index in [4.69, 9.17) is 5.84 Å². The molecule has 0 aliphatic carbocycles. The van der Waals surface area contributed by atoms with Crippen LogP contribution >= 0.6 is 15.9 Å². The lowest BCUT2D eigenvalue weighted by Gasteiger charge is -2.16. The van der Waals surface area contributed by atoms with Crippen LogP contribution in [0.5, 0.6) is 0 Å². The molecule has 0 saturated heterocycles. The van der Waals surface area contributed by atoms with Gasteiger partial charge in [0.15, 0.2) is 0 Å². The van der Waals surface area contributed by atoms with E-state index in [9.17, 15) is 4.39 Å². The number of nitrogens with two attached hydrogens (primary N) is 1. The maximum Gasteiger partial charge on any atom is 0.125 e. The molecule has 19 heavy (non-hydrogen) atoms. The predicted octanol–water partition coefficient (Wildman–Crippen LogP) is 2.43. The van der Waals surface area contributed by atoms with Gasteiger partial charge in [-0.3, -0.25) is 11.3 Å². The van der Waals surface area contributed by atoms with Crippen LogP contribution in [0.1, 0.15) is 23.1 Å². The Morgan fingerprint density at radius 3 is 2.89 bits per heavy atom. The molecule has 0 bridgehead atoms. The quantitative estimate of drug-likeness (QED) is 0.669. The van der Waals surface area contributed by atoms with Crippen LogP contribution in [-0.2, 0) is 6.42 Å². The summed E-state index contributed by atoms with van der Waals surface area (Å²) in [4.78, 5) is 8.38. The van der Waals surface area contributed by atoms with Crippen molar-refractivity contribution in [3.8, 4) is 0 Å². The van der Waals surface area contributed by atoms with E-state index in [-0.39, 0.29) is 11.9 Å². The van der Waals surface area contributed by atoms with Gasteiger partial charge in [0.05, 0.1) is 11.7 Å². The van der Waals surface area contributed by atoms with Gasteiger partial charge < -0.3 is 0 Å². The van der Waals surface area contributed by atoms with Crippen LogP contribution in [0.25, 0.3) is 0 Å². The number of rotatable bonds is 4. The van der Waals surface area contributed by atoms with Gasteiger partial charge in [0.2, 0.25) is 0 Å². The Morgan fingerprint density at radius 1 is 1.42 bits per heavy atom. The summed E-state index contributed by atoms with van der Waals surface area (Å²) < 4.78 is 14.1. The molecular weight excluding hydrogens is 311 g/mol. The van der Waals surface area contributed by atoms with E-state index < -0.39 is 0 Å². The van der Waals surface area contributed by atoms with E-state index >= 15 is 0 Å². The zero-order valence-corrected chi connectivity index (χ0v) is 12.0. The Balaban J connectivity index is 2.26. The van der Waals surface area contributed by atoms with Crippen molar-refractivity contribution < 1.29 is 4.39 Å². The van der Waals surface area contributed by atoms with Gasteiger partial charge in [-0.05, 0) is 43.2 Å². The molecule has 6 heteroatoms. The maximum absolute atomic E-state index is 13.3. The number of benzene rings is 1. The van der Waals surface area contributed by atoms with Gasteiger partial charge >= 0.3 is 0 Å². The molecule has 4 nitrogen and oxygen atoms in total. The minimum Gasteiger partial charge on any atom is -0.271 e. The van der Waals surface area contributed by atoms with Crippen LogP contribution < -0.4 is 11.3 Å². The van der Waals surface area contributed by atoms with Crippen LogP contribution in [0.15, 0.2) is 34.9 Å². The van der Waals surface area contributed by atoms with Crippen LogP contribution in [0.4, 0.5) is 4.39 Å². The molecule has 1 atom stereocenters. The summed E-state index contributed by atoms with van der Waals surface area (Å²) in [6, 6.07) is 6.18. The molecule has 0 amide bonds. The standard InChI is InChI=1S/C13H14BrFN4/c1-8-17-5-4-12(18-8)13(19-16)7-9-6-10(15)2-3-11(9)14/h2-6,13,19H,7,16H2,1H3. The second-order valence-corrected chi connectivity index (χ2v) is 5.04. The van der Waals surface area contributed by atoms with E-state index in [0.717, 1.165) is 15.7 Å². The molecule has 3 N–H and O–H groups in total. The number of aromatic nitrogens is 2. The Kier molecular flexibility index (Phi) is 4.57. The summed E-state index contributed by atoms with van der Waals surface area (Å²) in [6.45, 7) is 1.81. The van der Waals surface area contributed by atoms with E-state index in [1.54, 1.807) is 18.3 Å². The van der Waals surface area contributed by atoms with Crippen LogP contribution in [0.2, 0.25) is 0 Å². The van der Waals surface area contributed by atoms with Crippen molar-refractivity contribution in [1.29, 1.82) is 0 Å². The van der Waals surface area contributed by atoms with Crippen molar-refractivity contribution >= 4 is 15.9 Å². The fraction of sp³-hybridized carbons (Fsp3) is 0.231. The molecule has 2 rings (SSSR count). The number of hydrazine groups is 1. The topological polar surface area (TPSA) is 63.8 Å². The third kappa shape index (κ3) is 3.56. The summed E-state index contributed by atoms with van der Waals surface area (Å²) in [5.41, 5.74) is 4.32. The van der Waals surface area contributed by atoms with Crippen molar-refractivity contribution in [1.82, 2.24) is 15.4 Å². The monoisotopic (exact) mass is 324 g/mol. The lowest BCUT2D eigenvalue weighted by Crippen LogP contribution is -2.30. The molecule has 0 spiro atoms. The Bertz CT molecular complexity index is 576. The average Bonchev–Trinajstić information content (AvgIpc) is 2.39. The summed E-state index contributed by atoms with van der Waals surface area (Å²) in [5, 5.41) is 0. The molecule has 1 aromatic heterocycles. The van der Waals surface area contributed by atoms with Crippen LogP contribution in [-0.4, -0.2) is 9.97 Å². The van der Waals surface area contributed by atoms with Crippen molar-refractivity contribution in [2.75, 3.05) is 0 Å². The Hall–Kier alpha value is -1.37. The van der Waals surface area contributed by atoms with Gasteiger partial charge in [-0.15, -0.1) is 0 Å². The molecule has 1 unspecified atom stereocenters. The Morgan fingerprint density at radius 2 is 2.21 bits per heavy atom. The van der Waals surface area contributed by atoms with E-state index in [1.165, 1.54) is 12.1 Å². The first-order chi connectivity index (χ1) is 9.10. The SMILES string of the molecule is Cc1nccc(C(Cc2cc(F)ccc2Br)NN)n1. The molecule has 1 heterocycles. The van der Waals surface area contributed by atoms with Crippen LogP contribution in [0, 0.1) is 12.7 Å². The van der Waals surface area contributed by atoms with E-state index in [0.29, 0.717) is 12.2 Å². The van der Waals surface area contributed by atoms with Gasteiger partial charge in [0, 0.05) is 10.7 Å². The lowest BCUT2D eigenvalue weighted by molar-refractivity contribution is 0.532. The first kappa shape index (κ1) is 14.0. The first-order valence-electron chi connectivity index (χ1n) is 5.79. The van der Waals surface area contributed by atoms with E-state index in [1.807, 2.05) is 6.92 Å². The zero-order chi connectivity index (χ0) is 13.8. The normalized spacial score (nSPS) is 12.4. The highest BCUT2D eigenvalue weighted by atomic mass is 79.9. The second kappa shape index (κ2) is 6.18. The highest BCUT2D eigenvalue weighted by Gasteiger charge is 2.14. The molecule has 0 radical (unpaired) electrons. The number of hydrogen-bond donors (Lipinski definition) is 2. The number of aryl methyl sites for hydroxylation is 1. The molecule has 2 aromatic rings. The van der Waals surface area contributed by atoms with Crippen LogP contribution in [0.3, 0.4) is 0 Å². The number of nitrogens with zero attached hydrogens (tertiary/aromatic N) is 2. The van der Waals surface area contributed by atoms with E-state index in [2.05, 4.69) is 31.3 Å². The highest BCUT2D eigenvalue weighted by Crippen LogP contribution is 2.23. The Labute approximate surface area is 119 Å². The molecule has 0 saturated carbocycles. The average molecular weight is 325 g/mol. The number of hydrogen-bond acceptors (Lipinski definition) is 4. The van der Waals surface area contributed by atoms with Gasteiger partial charge in [0.25, 0.3) is 0 Å². The van der Waals surface area contributed by atoms with Gasteiger partial charge in [0.1, 0.15) is 11.6 Å². The maximum atomic E-state index is 13.3. The highest BCUT2D eigenvalue weighted by molar-refractivity contribution is 9.10. The van der Waals surface area contributed by atoms with Gasteiger partial charge in [-0.1, -0.05) is 15.9 Å². The first-order valence-corrected chi connectivity index (χ1v) is 6.59. The lowest BCUT2D eigenvalue weighted by atomic mass is 10.0. The number of nitrogens with one attached hydrogen (secondary N) is 1. The summed E-state index contributed by atoms with van der Waals surface area (Å²) >= 11 is 3.41. The van der Waals surface area contributed by atoms with Crippen molar-refractivity contribution in [2.45, 2.75) is 19.4 Å². The van der Waals surface area contributed by atoms with Gasteiger partial charge in [-0.2, -0.15) is 0 Å². The largest absolute Gasteiger partial charge is 0.271 e. The smallest absolute Gasteiger partial charge is 0.125 e. The van der Waals surface area contributed by atoms with Crippen molar-refractivity contribution in [3.05, 3.63) is 57.8 Å².